The highest BCUT2D eigenvalue weighted by Crippen LogP contribution is 2.32. The van der Waals surface area contributed by atoms with Crippen LogP contribution in [0.5, 0.6) is 0 Å². The van der Waals surface area contributed by atoms with Crippen LogP contribution in [-0.4, -0.2) is 9.91 Å². The summed E-state index contributed by atoms with van der Waals surface area (Å²) in [6, 6.07) is 1.52. The number of nitro benzene ring substituents is 1. The van der Waals surface area contributed by atoms with Crippen LogP contribution in [0, 0.1) is 22.9 Å². The van der Waals surface area contributed by atoms with Crippen LogP contribution in [0.25, 0.3) is 0 Å². The molecule has 0 aliphatic heterocycles. The van der Waals surface area contributed by atoms with Gasteiger partial charge in [0.25, 0.3) is 5.69 Å². The van der Waals surface area contributed by atoms with Crippen molar-refractivity contribution in [2.24, 2.45) is 0 Å². The molecule has 1 atom stereocenters. The molecule has 0 bridgehead atoms. The molecule has 1 unspecified atom stereocenters. The first-order valence-electron chi connectivity index (χ1n) is 5.70. The van der Waals surface area contributed by atoms with Crippen LogP contribution in [-0.2, 0) is 0 Å². The monoisotopic (exact) mass is 299 g/mol. The van der Waals surface area contributed by atoms with Crippen molar-refractivity contribution < 1.29 is 13.7 Å². The number of anilines is 1. The van der Waals surface area contributed by atoms with E-state index in [1.165, 1.54) is 6.07 Å². The Labute approximate surface area is 118 Å². The van der Waals surface area contributed by atoms with Crippen molar-refractivity contribution in [2.45, 2.75) is 19.9 Å². The molecule has 20 heavy (non-hydrogen) atoms. The SMILES string of the molecule is Cc1cnc(C(C)Nc2cc(Cl)c(F)cc2[N+](=O)[O-])o1. The molecule has 0 spiro atoms. The van der Waals surface area contributed by atoms with E-state index in [-0.39, 0.29) is 10.7 Å². The van der Waals surface area contributed by atoms with Crippen molar-refractivity contribution in [1.29, 1.82) is 0 Å². The number of oxazole rings is 1. The van der Waals surface area contributed by atoms with E-state index in [0.717, 1.165) is 6.07 Å². The zero-order valence-corrected chi connectivity index (χ0v) is 11.4. The van der Waals surface area contributed by atoms with Crippen molar-refractivity contribution >= 4 is 23.0 Å². The minimum atomic E-state index is -0.844. The van der Waals surface area contributed by atoms with Gasteiger partial charge in [-0.2, -0.15) is 0 Å². The molecule has 0 radical (unpaired) electrons. The number of aryl methyl sites for hydroxylation is 1. The van der Waals surface area contributed by atoms with E-state index >= 15 is 0 Å². The normalized spacial score (nSPS) is 12.2. The number of nitro groups is 1. The molecule has 0 aliphatic rings. The molecule has 106 valence electrons. The number of nitrogens with one attached hydrogen (secondary N) is 1. The number of aromatic nitrogens is 1. The van der Waals surface area contributed by atoms with Crippen LogP contribution >= 0.6 is 11.6 Å². The van der Waals surface area contributed by atoms with Gasteiger partial charge in [-0.1, -0.05) is 11.6 Å². The molecule has 8 heteroatoms. The summed E-state index contributed by atoms with van der Waals surface area (Å²) in [6.45, 7) is 3.45. The van der Waals surface area contributed by atoms with Crippen molar-refractivity contribution in [3.8, 4) is 0 Å². The first-order chi connectivity index (χ1) is 9.38. The quantitative estimate of drug-likeness (QED) is 0.685. The second-order valence-electron chi connectivity index (χ2n) is 4.22. The van der Waals surface area contributed by atoms with E-state index in [1.807, 2.05) is 0 Å². The molecule has 1 heterocycles. The van der Waals surface area contributed by atoms with E-state index in [1.54, 1.807) is 20.0 Å². The maximum absolute atomic E-state index is 13.3. The summed E-state index contributed by atoms with van der Waals surface area (Å²) >= 11 is 5.65. The van der Waals surface area contributed by atoms with Crippen LogP contribution in [0.2, 0.25) is 5.02 Å². The smallest absolute Gasteiger partial charge is 0.295 e. The number of rotatable bonds is 4. The van der Waals surface area contributed by atoms with Crippen molar-refractivity contribution in [2.75, 3.05) is 5.32 Å². The van der Waals surface area contributed by atoms with Gasteiger partial charge in [-0.15, -0.1) is 0 Å². The van der Waals surface area contributed by atoms with Gasteiger partial charge in [0.1, 0.15) is 23.3 Å². The Morgan fingerprint density at radius 3 is 2.80 bits per heavy atom. The third kappa shape index (κ3) is 2.88. The Kier molecular flexibility index (Phi) is 3.89. The van der Waals surface area contributed by atoms with E-state index in [2.05, 4.69) is 10.3 Å². The molecule has 6 nitrogen and oxygen atoms in total. The van der Waals surface area contributed by atoms with Crippen LogP contribution in [0.4, 0.5) is 15.8 Å². The summed E-state index contributed by atoms with van der Waals surface area (Å²) in [6.07, 6.45) is 1.54. The minimum Gasteiger partial charge on any atom is -0.444 e. The van der Waals surface area contributed by atoms with Gasteiger partial charge in [-0.3, -0.25) is 10.1 Å². The fourth-order valence-electron chi connectivity index (χ4n) is 1.67. The molecule has 1 N–H and O–H groups in total. The molecule has 0 aliphatic carbocycles. The second-order valence-corrected chi connectivity index (χ2v) is 4.62. The maximum Gasteiger partial charge on any atom is 0.295 e. The standard InChI is InChI=1S/C12H11ClFN3O3/c1-6-5-15-12(20-6)7(2)16-10-3-8(13)9(14)4-11(10)17(18)19/h3-5,7,16H,1-2H3. The Morgan fingerprint density at radius 1 is 1.55 bits per heavy atom. The molecule has 0 saturated carbocycles. The Hall–Kier alpha value is -2.15. The highest BCUT2D eigenvalue weighted by molar-refractivity contribution is 6.31. The highest BCUT2D eigenvalue weighted by atomic mass is 35.5. The first-order valence-corrected chi connectivity index (χ1v) is 6.08. The predicted molar refractivity (Wildman–Crippen MR) is 71.3 cm³/mol. The van der Waals surface area contributed by atoms with Crippen molar-refractivity contribution in [3.63, 3.8) is 0 Å². The summed E-state index contributed by atoms with van der Waals surface area (Å²) in [5.74, 6) is 0.154. The third-order valence-corrected chi connectivity index (χ3v) is 2.91. The second kappa shape index (κ2) is 5.46. The average Bonchev–Trinajstić information content (AvgIpc) is 2.80. The molecule has 2 aromatic rings. The molecule has 1 aromatic heterocycles. The van der Waals surface area contributed by atoms with Crippen LogP contribution in [0.3, 0.4) is 0 Å². The number of hydrogen-bond donors (Lipinski definition) is 1. The van der Waals surface area contributed by atoms with Crippen LogP contribution < -0.4 is 5.32 Å². The lowest BCUT2D eigenvalue weighted by molar-refractivity contribution is -0.384. The zero-order chi connectivity index (χ0) is 14.9. The lowest BCUT2D eigenvalue weighted by Gasteiger charge is -2.12. The molecule has 2 rings (SSSR count). The molecule has 0 fully saturated rings. The number of halogens is 2. The summed E-state index contributed by atoms with van der Waals surface area (Å²) in [7, 11) is 0. The van der Waals surface area contributed by atoms with Gasteiger partial charge < -0.3 is 9.73 Å². The van der Waals surface area contributed by atoms with Gasteiger partial charge in [0, 0.05) is 0 Å². The number of benzene rings is 1. The van der Waals surface area contributed by atoms with Gasteiger partial charge >= 0.3 is 0 Å². The Balaban J connectivity index is 2.33. The van der Waals surface area contributed by atoms with Crippen LogP contribution in [0.15, 0.2) is 22.7 Å². The molecule has 0 saturated heterocycles. The first kappa shape index (κ1) is 14.3. The highest BCUT2D eigenvalue weighted by Gasteiger charge is 2.21. The van der Waals surface area contributed by atoms with E-state index in [9.17, 15) is 14.5 Å². The van der Waals surface area contributed by atoms with Gasteiger partial charge in [0.05, 0.1) is 22.2 Å². The molecule has 1 aromatic carbocycles. The number of nitrogens with zero attached hydrogens (tertiary/aromatic N) is 2. The summed E-state index contributed by atoms with van der Waals surface area (Å²) in [5.41, 5.74) is -0.299. The molecule has 0 amide bonds. The van der Waals surface area contributed by atoms with E-state index in [0.29, 0.717) is 11.7 Å². The minimum absolute atomic E-state index is 0.102. The zero-order valence-electron chi connectivity index (χ0n) is 10.7. The third-order valence-electron chi connectivity index (χ3n) is 2.62. The molecular weight excluding hydrogens is 289 g/mol. The summed E-state index contributed by atoms with van der Waals surface area (Å²) < 4.78 is 18.6. The topological polar surface area (TPSA) is 81.2 Å². The Morgan fingerprint density at radius 2 is 2.25 bits per heavy atom. The van der Waals surface area contributed by atoms with E-state index in [4.69, 9.17) is 16.0 Å². The van der Waals surface area contributed by atoms with Crippen LogP contribution in [0.1, 0.15) is 24.6 Å². The fourth-order valence-corrected chi connectivity index (χ4v) is 1.83. The van der Waals surface area contributed by atoms with Crippen molar-refractivity contribution in [1.82, 2.24) is 4.98 Å². The maximum atomic E-state index is 13.3. The lowest BCUT2D eigenvalue weighted by atomic mass is 10.2. The molecular formula is C12H11ClFN3O3. The van der Waals surface area contributed by atoms with Gasteiger partial charge in [-0.25, -0.2) is 9.37 Å². The fraction of sp³-hybridized carbons (Fsp3) is 0.250. The summed E-state index contributed by atoms with van der Waals surface area (Å²) in [5, 5.41) is 13.6. The van der Waals surface area contributed by atoms with E-state index < -0.39 is 22.5 Å². The summed E-state index contributed by atoms with van der Waals surface area (Å²) in [4.78, 5) is 14.3. The Bertz CT molecular complexity index is 659. The van der Waals surface area contributed by atoms with Gasteiger partial charge in [0.15, 0.2) is 0 Å². The van der Waals surface area contributed by atoms with Crippen molar-refractivity contribution in [3.05, 3.63) is 50.9 Å². The van der Waals surface area contributed by atoms with Gasteiger partial charge in [-0.05, 0) is 19.9 Å². The predicted octanol–water partition coefficient (Wildman–Crippen LogP) is 3.86. The average molecular weight is 300 g/mol. The van der Waals surface area contributed by atoms with Gasteiger partial charge in [0.2, 0.25) is 5.89 Å². The lowest BCUT2D eigenvalue weighted by Crippen LogP contribution is -2.09. The largest absolute Gasteiger partial charge is 0.444 e. The number of hydrogen-bond acceptors (Lipinski definition) is 5.